The molecule has 0 spiro atoms. The fourth-order valence-corrected chi connectivity index (χ4v) is 6.81. The van der Waals surface area contributed by atoms with Gasteiger partial charge in [-0.1, -0.05) is 62.4 Å². The van der Waals surface area contributed by atoms with E-state index in [1.54, 1.807) is 34.6 Å². The molecule has 1 aromatic rings. The number of carbonyl (C=O) groups is 4. The van der Waals surface area contributed by atoms with Crippen molar-refractivity contribution in [2.45, 2.75) is 141 Å². The molecule has 1 aliphatic rings. The number of aliphatic hydroxyl groups excluding tert-OH is 1. The number of unbranched alkanes of at least 4 members (excludes halogenated alkanes) is 1. The number of carbonyl (C=O) groups excluding carboxylic acids is 4. The first-order valence-electron chi connectivity index (χ1n) is 17.2. The number of nitrogens with one attached hydrogen (secondary N) is 4. The molecular weight excluding hydrogens is 636 g/mol. The Labute approximate surface area is 286 Å². The Hall–Kier alpha value is -3.19. The number of alkyl carbamates (subject to hydrolysis) is 1. The topological polar surface area (TPSA) is 180 Å². The van der Waals surface area contributed by atoms with Crippen LogP contribution in [-0.2, 0) is 35.4 Å². The van der Waals surface area contributed by atoms with Crippen molar-refractivity contribution in [3.8, 4) is 0 Å². The van der Waals surface area contributed by atoms with Crippen LogP contribution < -0.4 is 21.3 Å². The Balaban J connectivity index is 2.32. The molecule has 0 radical (unpaired) electrons. The number of ether oxygens (including phenoxy) is 1. The second-order valence-electron chi connectivity index (χ2n) is 14.2. The zero-order chi connectivity index (χ0) is 35.9. The third kappa shape index (κ3) is 15.8. The summed E-state index contributed by atoms with van der Waals surface area (Å²) in [5.74, 6) is -1.60. The van der Waals surface area contributed by atoms with E-state index < -0.39 is 68.6 Å². The zero-order valence-electron chi connectivity index (χ0n) is 29.5. The molecule has 4 atom stereocenters. The van der Waals surface area contributed by atoms with E-state index in [2.05, 4.69) is 21.3 Å². The van der Waals surface area contributed by atoms with Gasteiger partial charge in [-0.25, -0.2) is 13.2 Å². The normalized spacial score (nSPS) is 16.7. The van der Waals surface area contributed by atoms with Gasteiger partial charge in [0.1, 0.15) is 17.7 Å². The standard InChI is InChI=1S/C35H58N4O8S/c1-24(2)48(45,46)23-31(41)29(21-26-15-9-7-10-16-26)38-32(42)28(19-13-14-20-36-25(3)40)37-33(43)30(22-27-17-11-8-12-18-27)39-34(44)47-35(4,5)6/h8,11-12,17-18,24,26,28-31,41H,7,9-10,13-16,19-23H2,1-6H3,(H,36,40)(H,37,43)(H,38,42)(H,39,44)/t28-,29-,30-,31-/m0/s1. The number of aliphatic hydroxyl groups is 1. The summed E-state index contributed by atoms with van der Waals surface area (Å²) in [5, 5.41) is 21.6. The number of hydrogen-bond acceptors (Lipinski definition) is 8. The lowest BCUT2D eigenvalue weighted by Crippen LogP contribution is -2.57. The average Bonchev–Trinajstić information content (AvgIpc) is 2.99. The van der Waals surface area contributed by atoms with Gasteiger partial charge in [0.2, 0.25) is 17.7 Å². The lowest BCUT2D eigenvalue weighted by molar-refractivity contribution is -0.131. The first-order valence-corrected chi connectivity index (χ1v) is 19.0. The van der Waals surface area contributed by atoms with E-state index in [0.717, 1.165) is 37.7 Å². The van der Waals surface area contributed by atoms with Crippen LogP contribution in [0.25, 0.3) is 0 Å². The van der Waals surface area contributed by atoms with Crippen molar-refractivity contribution < 1.29 is 37.4 Å². The van der Waals surface area contributed by atoms with E-state index in [-0.39, 0.29) is 24.7 Å². The number of hydrogen-bond donors (Lipinski definition) is 5. The average molecular weight is 695 g/mol. The Kier molecular flexibility index (Phi) is 16.8. The Morgan fingerprint density at radius 2 is 1.54 bits per heavy atom. The minimum Gasteiger partial charge on any atom is -0.444 e. The summed E-state index contributed by atoms with van der Waals surface area (Å²) in [6, 6.07) is 6.16. The monoisotopic (exact) mass is 694 g/mol. The largest absolute Gasteiger partial charge is 0.444 e. The maximum Gasteiger partial charge on any atom is 0.408 e. The van der Waals surface area contributed by atoms with Crippen LogP contribution in [-0.4, -0.2) is 84.7 Å². The van der Waals surface area contributed by atoms with Crippen LogP contribution in [0.15, 0.2) is 30.3 Å². The van der Waals surface area contributed by atoms with Gasteiger partial charge in [-0.15, -0.1) is 0 Å². The minimum atomic E-state index is -3.61. The lowest BCUT2D eigenvalue weighted by atomic mass is 9.83. The van der Waals surface area contributed by atoms with Gasteiger partial charge in [0.05, 0.1) is 23.1 Å². The predicted molar refractivity (Wildman–Crippen MR) is 186 cm³/mol. The van der Waals surface area contributed by atoms with Crippen LogP contribution in [0.2, 0.25) is 0 Å². The van der Waals surface area contributed by atoms with E-state index in [4.69, 9.17) is 4.74 Å². The Morgan fingerprint density at radius 3 is 2.12 bits per heavy atom. The summed E-state index contributed by atoms with van der Waals surface area (Å²) >= 11 is 0. The first-order chi connectivity index (χ1) is 22.5. The maximum absolute atomic E-state index is 13.9. The SMILES string of the molecule is CC(=O)NCCCC[C@H](NC(=O)[C@H](Cc1ccccc1)NC(=O)OC(C)(C)C)C(=O)N[C@@H](CC1CCCCC1)[C@@H](O)CS(=O)(=O)C(C)C. The van der Waals surface area contributed by atoms with E-state index in [1.165, 1.54) is 6.92 Å². The molecule has 1 aromatic carbocycles. The molecule has 0 aliphatic heterocycles. The van der Waals surface area contributed by atoms with Crippen LogP contribution in [0, 0.1) is 5.92 Å². The minimum absolute atomic E-state index is 0.138. The van der Waals surface area contributed by atoms with Crippen molar-refractivity contribution in [3.63, 3.8) is 0 Å². The van der Waals surface area contributed by atoms with E-state index in [9.17, 15) is 32.7 Å². The van der Waals surface area contributed by atoms with E-state index >= 15 is 0 Å². The molecule has 0 aromatic heterocycles. The quantitative estimate of drug-likeness (QED) is 0.145. The third-order valence-electron chi connectivity index (χ3n) is 8.44. The number of sulfone groups is 1. The molecule has 272 valence electrons. The van der Waals surface area contributed by atoms with Gasteiger partial charge in [0, 0.05) is 19.9 Å². The molecular formula is C35H58N4O8S. The molecule has 4 amide bonds. The Bertz CT molecular complexity index is 1280. The first kappa shape index (κ1) is 41.0. The molecule has 13 heteroatoms. The molecule has 5 N–H and O–H groups in total. The van der Waals surface area contributed by atoms with Gasteiger partial charge >= 0.3 is 6.09 Å². The van der Waals surface area contributed by atoms with Gasteiger partial charge < -0.3 is 31.1 Å². The molecule has 1 saturated carbocycles. The molecule has 2 rings (SSSR count). The van der Waals surface area contributed by atoms with Crippen LogP contribution >= 0.6 is 0 Å². The van der Waals surface area contributed by atoms with Crippen molar-refractivity contribution in [2.24, 2.45) is 5.92 Å². The molecule has 48 heavy (non-hydrogen) atoms. The highest BCUT2D eigenvalue weighted by atomic mass is 32.2. The van der Waals surface area contributed by atoms with Gasteiger partial charge in [-0.2, -0.15) is 0 Å². The van der Waals surface area contributed by atoms with Gasteiger partial charge in [0.25, 0.3) is 0 Å². The van der Waals surface area contributed by atoms with E-state index in [0.29, 0.717) is 25.8 Å². The number of rotatable bonds is 18. The molecule has 1 aliphatic carbocycles. The highest BCUT2D eigenvalue weighted by Crippen LogP contribution is 2.28. The fourth-order valence-electron chi connectivity index (χ4n) is 5.71. The van der Waals surface area contributed by atoms with Crippen molar-refractivity contribution in [1.82, 2.24) is 21.3 Å². The molecule has 1 fully saturated rings. The summed E-state index contributed by atoms with van der Waals surface area (Å²) in [6.45, 7) is 10.1. The Morgan fingerprint density at radius 1 is 0.917 bits per heavy atom. The summed E-state index contributed by atoms with van der Waals surface area (Å²) in [5.41, 5.74) is -0.0159. The van der Waals surface area contributed by atoms with Crippen LogP contribution in [0.1, 0.15) is 105 Å². The highest BCUT2D eigenvalue weighted by Gasteiger charge is 2.34. The number of amides is 4. The van der Waals surface area contributed by atoms with Crippen molar-refractivity contribution in [1.29, 1.82) is 0 Å². The molecule has 12 nitrogen and oxygen atoms in total. The molecule has 0 bridgehead atoms. The molecule has 0 heterocycles. The van der Waals surface area contributed by atoms with Crippen LogP contribution in [0.5, 0.6) is 0 Å². The van der Waals surface area contributed by atoms with E-state index in [1.807, 2.05) is 30.3 Å². The molecule has 0 unspecified atom stereocenters. The van der Waals surface area contributed by atoms with Gasteiger partial charge in [-0.05, 0) is 71.8 Å². The van der Waals surface area contributed by atoms with Gasteiger partial charge in [0.15, 0.2) is 9.84 Å². The molecule has 0 saturated heterocycles. The summed E-state index contributed by atoms with van der Waals surface area (Å²) in [4.78, 5) is 51.8. The smallest absolute Gasteiger partial charge is 0.408 e. The van der Waals surface area contributed by atoms with Gasteiger partial charge in [-0.3, -0.25) is 14.4 Å². The van der Waals surface area contributed by atoms with Crippen LogP contribution in [0.4, 0.5) is 4.79 Å². The van der Waals surface area contributed by atoms with Crippen molar-refractivity contribution >= 4 is 33.7 Å². The van der Waals surface area contributed by atoms with Crippen molar-refractivity contribution in [2.75, 3.05) is 12.3 Å². The summed E-state index contributed by atoms with van der Waals surface area (Å²) in [6.07, 6.45) is 4.70. The second-order valence-corrected chi connectivity index (χ2v) is 16.8. The fraction of sp³-hybridized carbons (Fsp3) is 0.714. The lowest BCUT2D eigenvalue weighted by Gasteiger charge is -2.32. The summed E-state index contributed by atoms with van der Waals surface area (Å²) < 4.78 is 30.9. The zero-order valence-corrected chi connectivity index (χ0v) is 30.4. The summed E-state index contributed by atoms with van der Waals surface area (Å²) in [7, 11) is -3.61. The second kappa shape index (κ2) is 19.7. The van der Waals surface area contributed by atoms with Crippen molar-refractivity contribution in [3.05, 3.63) is 35.9 Å². The highest BCUT2D eigenvalue weighted by molar-refractivity contribution is 7.92. The third-order valence-corrected chi connectivity index (χ3v) is 10.7. The predicted octanol–water partition coefficient (Wildman–Crippen LogP) is 3.55. The number of benzene rings is 1. The maximum atomic E-state index is 13.9. The van der Waals surface area contributed by atoms with Crippen LogP contribution in [0.3, 0.4) is 0 Å².